The summed E-state index contributed by atoms with van der Waals surface area (Å²) in [5.41, 5.74) is 1.25. The Morgan fingerprint density at radius 3 is 2.59 bits per heavy atom. The second kappa shape index (κ2) is 10.4. The molecule has 0 bridgehead atoms. The van der Waals surface area contributed by atoms with Gasteiger partial charge in [-0.1, -0.05) is 38.0 Å². The van der Waals surface area contributed by atoms with E-state index in [-0.39, 0.29) is 12.4 Å². The van der Waals surface area contributed by atoms with Gasteiger partial charge in [0, 0.05) is 12.1 Å². The first-order chi connectivity index (χ1) is 7.88. The predicted molar refractivity (Wildman–Crippen MR) is 76.1 cm³/mol. The summed E-state index contributed by atoms with van der Waals surface area (Å²) >= 11 is 0. The van der Waals surface area contributed by atoms with Crippen LogP contribution in [0.3, 0.4) is 0 Å². The first-order valence-corrected chi connectivity index (χ1v) is 6.30. The minimum absolute atomic E-state index is 0. The lowest BCUT2D eigenvalue weighted by molar-refractivity contribution is 0.335. The van der Waals surface area contributed by atoms with E-state index in [1.54, 1.807) is 0 Å². The van der Waals surface area contributed by atoms with Crippen LogP contribution in [0, 0.1) is 0 Å². The average Bonchev–Trinajstić information content (AvgIpc) is 2.31. The Labute approximate surface area is 111 Å². The van der Waals surface area contributed by atoms with Crippen molar-refractivity contribution in [2.75, 3.05) is 13.2 Å². The van der Waals surface area contributed by atoms with Gasteiger partial charge >= 0.3 is 0 Å². The zero-order valence-electron chi connectivity index (χ0n) is 10.9. The summed E-state index contributed by atoms with van der Waals surface area (Å²) in [4.78, 5) is 0. The van der Waals surface area contributed by atoms with Crippen molar-refractivity contribution in [3.63, 3.8) is 0 Å². The molecular formula is C14H24ClNO. The molecule has 0 atom stereocenters. The van der Waals surface area contributed by atoms with Crippen LogP contribution in [0.1, 0.15) is 38.7 Å². The Balaban J connectivity index is 0.00000256. The number of benzene rings is 1. The van der Waals surface area contributed by atoms with Gasteiger partial charge in [-0.05, 0) is 26.0 Å². The molecule has 1 aromatic carbocycles. The Kier molecular flexibility index (Phi) is 9.98. The maximum Gasteiger partial charge on any atom is 0.123 e. The summed E-state index contributed by atoms with van der Waals surface area (Å²) in [6, 6.07) is 8.24. The van der Waals surface area contributed by atoms with Gasteiger partial charge in [-0.15, -0.1) is 12.4 Å². The average molecular weight is 258 g/mol. The van der Waals surface area contributed by atoms with Gasteiger partial charge in [0.1, 0.15) is 5.75 Å². The zero-order chi connectivity index (χ0) is 11.6. The smallest absolute Gasteiger partial charge is 0.123 e. The minimum atomic E-state index is 0. The lowest BCUT2D eigenvalue weighted by Gasteiger charge is -2.10. The van der Waals surface area contributed by atoms with Crippen molar-refractivity contribution in [1.82, 2.24) is 5.32 Å². The predicted octanol–water partition coefficient (Wildman–Crippen LogP) is 3.79. The van der Waals surface area contributed by atoms with Gasteiger partial charge in [0.25, 0.3) is 0 Å². The summed E-state index contributed by atoms with van der Waals surface area (Å²) in [6.45, 7) is 6.97. The van der Waals surface area contributed by atoms with E-state index in [4.69, 9.17) is 4.74 Å². The quantitative estimate of drug-likeness (QED) is 0.716. The van der Waals surface area contributed by atoms with E-state index in [1.807, 2.05) is 19.1 Å². The van der Waals surface area contributed by atoms with Gasteiger partial charge in [0.15, 0.2) is 0 Å². The van der Waals surface area contributed by atoms with Gasteiger partial charge in [0.2, 0.25) is 0 Å². The van der Waals surface area contributed by atoms with E-state index < -0.39 is 0 Å². The molecule has 0 fully saturated rings. The number of hydrogen-bond donors (Lipinski definition) is 1. The van der Waals surface area contributed by atoms with Crippen LogP contribution in [0.2, 0.25) is 0 Å². The van der Waals surface area contributed by atoms with Crippen LogP contribution in [-0.2, 0) is 6.54 Å². The molecule has 1 rings (SSSR count). The summed E-state index contributed by atoms with van der Waals surface area (Å²) in [7, 11) is 0. The monoisotopic (exact) mass is 257 g/mol. The number of ether oxygens (including phenoxy) is 1. The SMILES string of the molecule is CCCCCNCc1ccccc1OCC.Cl. The molecule has 0 unspecified atom stereocenters. The normalized spacial score (nSPS) is 9.76. The second-order valence-corrected chi connectivity index (χ2v) is 3.92. The van der Waals surface area contributed by atoms with Crippen LogP contribution in [-0.4, -0.2) is 13.2 Å². The minimum Gasteiger partial charge on any atom is -0.494 e. The molecule has 1 aromatic rings. The summed E-state index contributed by atoms with van der Waals surface area (Å²) in [5, 5.41) is 3.46. The molecule has 0 aromatic heterocycles. The van der Waals surface area contributed by atoms with Gasteiger partial charge in [-0.25, -0.2) is 0 Å². The molecule has 0 aliphatic carbocycles. The number of hydrogen-bond acceptors (Lipinski definition) is 2. The van der Waals surface area contributed by atoms with Crippen molar-refractivity contribution in [1.29, 1.82) is 0 Å². The molecule has 0 aliphatic heterocycles. The maximum atomic E-state index is 5.58. The van der Waals surface area contributed by atoms with Gasteiger partial charge in [-0.3, -0.25) is 0 Å². The Bertz CT molecular complexity index is 291. The number of halogens is 1. The van der Waals surface area contributed by atoms with Crippen LogP contribution < -0.4 is 10.1 Å². The number of rotatable bonds is 8. The molecule has 2 nitrogen and oxygen atoms in total. The third kappa shape index (κ3) is 6.54. The Hall–Kier alpha value is -0.730. The number of unbranched alkanes of at least 4 members (excludes halogenated alkanes) is 2. The molecule has 1 N–H and O–H groups in total. The fourth-order valence-electron chi connectivity index (χ4n) is 1.67. The van der Waals surface area contributed by atoms with Crippen LogP contribution in [0.5, 0.6) is 5.75 Å². The van der Waals surface area contributed by atoms with Crippen LogP contribution in [0.15, 0.2) is 24.3 Å². The van der Waals surface area contributed by atoms with Crippen molar-refractivity contribution in [2.45, 2.75) is 39.7 Å². The van der Waals surface area contributed by atoms with Crippen LogP contribution in [0.4, 0.5) is 0 Å². The first kappa shape index (κ1) is 16.3. The molecule has 0 spiro atoms. The van der Waals surface area contributed by atoms with Crippen molar-refractivity contribution in [2.24, 2.45) is 0 Å². The molecule has 0 radical (unpaired) electrons. The van der Waals surface area contributed by atoms with E-state index in [2.05, 4.69) is 24.4 Å². The van der Waals surface area contributed by atoms with Gasteiger partial charge < -0.3 is 10.1 Å². The largest absolute Gasteiger partial charge is 0.494 e. The van der Waals surface area contributed by atoms with Crippen LogP contribution in [0.25, 0.3) is 0 Å². The van der Waals surface area contributed by atoms with Crippen molar-refractivity contribution < 1.29 is 4.74 Å². The fraction of sp³-hybridized carbons (Fsp3) is 0.571. The molecule has 0 heterocycles. The molecule has 0 saturated carbocycles. The molecule has 0 aliphatic rings. The highest BCUT2D eigenvalue weighted by Crippen LogP contribution is 2.17. The van der Waals surface area contributed by atoms with E-state index in [9.17, 15) is 0 Å². The highest BCUT2D eigenvalue weighted by Gasteiger charge is 2.00. The zero-order valence-corrected chi connectivity index (χ0v) is 11.7. The highest BCUT2D eigenvalue weighted by atomic mass is 35.5. The van der Waals surface area contributed by atoms with Crippen molar-refractivity contribution >= 4 is 12.4 Å². The molecule has 3 heteroatoms. The fourth-order valence-corrected chi connectivity index (χ4v) is 1.67. The van der Waals surface area contributed by atoms with Gasteiger partial charge in [0.05, 0.1) is 6.61 Å². The van der Waals surface area contributed by atoms with E-state index in [0.29, 0.717) is 0 Å². The summed E-state index contributed by atoms with van der Waals surface area (Å²) in [5.74, 6) is 1.01. The van der Waals surface area contributed by atoms with E-state index in [1.165, 1.54) is 24.8 Å². The Morgan fingerprint density at radius 2 is 1.88 bits per heavy atom. The molecule has 0 saturated heterocycles. The third-order valence-corrected chi connectivity index (χ3v) is 2.55. The number of nitrogens with one attached hydrogen (secondary N) is 1. The lowest BCUT2D eigenvalue weighted by Crippen LogP contribution is -2.15. The third-order valence-electron chi connectivity index (χ3n) is 2.55. The summed E-state index contributed by atoms with van der Waals surface area (Å²) < 4.78 is 5.58. The second-order valence-electron chi connectivity index (χ2n) is 3.92. The molecule has 98 valence electrons. The van der Waals surface area contributed by atoms with Crippen LogP contribution >= 0.6 is 12.4 Å². The first-order valence-electron chi connectivity index (χ1n) is 6.30. The van der Waals surface area contributed by atoms with Crippen molar-refractivity contribution in [3.05, 3.63) is 29.8 Å². The lowest BCUT2D eigenvalue weighted by atomic mass is 10.2. The highest BCUT2D eigenvalue weighted by molar-refractivity contribution is 5.85. The number of para-hydroxylation sites is 1. The standard InChI is InChI=1S/C14H23NO.ClH/c1-3-5-8-11-15-12-13-9-6-7-10-14(13)16-4-2;/h6-7,9-10,15H,3-5,8,11-12H2,1-2H3;1H. The molecule has 0 amide bonds. The van der Waals surface area contributed by atoms with E-state index in [0.717, 1.165) is 25.4 Å². The summed E-state index contributed by atoms with van der Waals surface area (Å²) in [6.07, 6.45) is 3.84. The van der Waals surface area contributed by atoms with E-state index >= 15 is 0 Å². The Morgan fingerprint density at radius 1 is 1.12 bits per heavy atom. The van der Waals surface area contributed by atoms with Gasteiger partial charge in [-0.2, -0.15) is 0 Å². The maximum absolute atomic E-state index is 5.58. The molecular weight excluding hydrogens is 234 g/mol. The molecule has 17 heavy (non-hydrogen) atoms. The van der Waals surface area contributed by atoms with Crippen molar-refractivity contribution in [3.8, 4) is 5.75 Å². The topological polar surface area (TPSA) is 21.3 Å².